The van der Waals surface area contributed by atoms with Crippen LogP contribution < -0.4 is 14.9 Å². The predicted molar refractivity (Wildman–Crippen MR) is 142 cm³/mol. The molecule has 3 aromatic rings. The third-order valence-electron chi connectivity index (χ3n) is 5.61. The zero-order chi connectivity index (χ0) is 26.3. The Labute approximate surface area is 225 Å². The van der Waals surface area contributed by atoms with E-state index >= 15 is 0 Å². The Morgan fingerprint density at radius 2 is 2.03 bits per heavy atom. The van der Waals surface area contributed by atoms with E-state index in [4.69, 9.17) is 4.74 Å². The summed E-state index contributed by atoms with van der Waals surface area (Å²) in [6.45, 7) is 5.02. The first-order valence-electron chi connectivity index (χ1n) is 10.7. The summed E-state index contributed by atoms with van der Waals surface area (Å²) in [4.78, 5) is 42.6. The summed E-state index contributed by atoms with van der Waals surface area (Å²) in [6, 6.07) is 6.95. The Kier molecular flexibility index (Phi) is 7.30. The molecular formula is C24H19Br2N3O6S. The molecule has 1 aliphatic heterocycles. The number of aryl methyl sites for hydroxylation is 1. The molecule has 36 heavy (non-hydrogen) atoms. The van der Waals surface area contributed by atoms with Gasteiger partial charge >= 0.3 is 5.97 Å². The molecule has 0 aliphatic carbocycles. The lowest BCUT2D eigenvalue weighted by molar-refractivity contribution is -0.385. The number of rotatable bonds is 5. The van der Waals surface area contributed by atoms with Crippen LogP contribution in [0.2, 0.25) is 0 Å². The molecule has 0 fully saturated rings. The zero-order valence-electron chi connectivity index (χ0n) is 19.2. The molecule has 1 atom stereocenters. The van der Waals surface area contributed by atoms with Crippen LogP contribution in [0.25, 0.3) is 6.08 Å². The molecule has 0 bridgehead atoms. The number of phenolic OH excluding ortho intramolecular Hbond substituents is 1. The van der Waals surface area contributed by atoms with Crippen LogP contribution in [0.4, 0.5) is 5.69 Å². The topological polar surface area (TPSA) is 124 Å². The number of ether oxygens (including phenoxy) is 1. The fourth-order valence-corrected chi connectivity index (χ4v) is 6.23. The van der Waals surface area contributed by atoms with Crippen LogP contribution in [0.5, 0.6) is 5.75 Å². The number of phenols is 1. The van der Waals surface area contributed by atoms with Gasteiger partial charge in [-0.15, -0.1) is 0 Å². The molecule has 0 saturated carbocycles. The Morgan fingerprint density at radius 1 is 1.31 bits per heavy atom. The van der Waals surface area contributed by atoms with E-state index < -0.39 is 22.5 Å². The molecule has 0 spiro atoms. The summed E-state index contributed by atoms with van der Waals surface area (Å²) in [5.41, 5.74) is 1.11. The maximum Gasteiger partial charge on any atom is 0.338 e. The normalized spacial score (nSPS) is 15.5. The van der Waals surface area contributed by atoms with Gasteiger partial charge in [-0.2, -0.15) is 0 Å². The number of benzene rings is 2. The van der Waals surface area contributed by atoms with Gasteiger partial charge in [-0.25, -0.2) is 9.79 Å². The molecule has 186 valence electrons. The number of hydrogen-bond donors (Lipinski definition) is 1. The monoisotopic (exact) mass is 635 g/mol. The van der Waals surface area contributed by atoms with Gasteiger partial charge in [0.2, 0.25) is 0 Å². The number of aromatic nitrogens is 1. The number of esters is 1. The second-order valence-corrected chi connectivity index (χ2v) is 10.7. The van der Waals surface area contributed by atoms with E-state index in [0.717, 1.165) is 11.3 Å². The molecule has 9 nitrogen and oxygen atoms in total. The Balaban J connectivity index is 2.02. The number of aromatic hydroxyl groups is 1. The number of nitro groups is 1. The first-order valence-corrected chi connectivity index (χ1v) is 13.1. The first kappa shape index (κ1) is 26.0. The van der Waals surface area contributed by atoms with Crippen LogP contribution in [0.1, 0.15) is 36.6 Å². The van der Waals surface area contributed by atoms with Gasteiger partial charge in [0.15, 0.2) is 4.80 Å². The molecule has 0 radical (unpaired) electrons. The number of carbonyl (C=O) groups excluding carboxylic acids is 1. The standard InChI is InChI=1S/C24H19Br2N3O6S/c1-4-35-23(32)19-12(3)27-24-28(20(19)13-6-5-11(2)17(8-13)29(33)34)22(31)18(36-24)9-14-7-15(25)10-16(26)21(14)30/h5-10,20,30H,4H2,1-3H3/b18-9+/t20-/m1/s1. The van der Waals surface area contributed by atoms with Crippen molar-refractivity contribution in [3.05, 3.63) is 97.0 Å². The predicted octanol–water partition coefficient (Wildman–Crippen LogP) is 4.25. The number of fused-ring (bicyclic) bond motifs is 1. The molecule has 0 amide bonds. The third-order valence-corrected chi connectivity index (χ3v) is 7.65. The molecular weight excluding hydrogens is 618 g/mol. The van der Waals surface area contributed by atoms with Crippen LogP contribution in [0.3, 0.4) is 0 Å². The van der Waals surface area contributed by atoms with Crippen molar-refractivity contribution in [1.82, 2.24) is 4.57 Å². The number of allylic oxidation sites excluding steroid dienone is 1. The minimum Gasteiger partial charge on any atom is -0.506 e. The van der Waals surface area contributed by atoms with E-state index in [9.17, 15) is 24.8 Å². The number of thiazole rings is 1. The van der Waals surface area contributed by atoms with Gasteiger partial charge in [0.05, 0.1) is 37.8 Å². The van der Waals surface area contributed by atoms with Gasteiger partial charge in [0.1, 0.15) is 5.75 Å². The van der Waals surface area contributed by atoms with Crippen molar-refractivity contribution in [3.63, 3.8) is 0 Å². The first-order chi connectivity index (χ1) is 17.0. The summed E-state index contributed by atoms with van der Waals surface area (Å²) < 4.78 is 7.99. The average Bonchev–Trinajstić information content (AvgIpc) is 3.11. The van der Waals surface area contributed by atoms with Crippen molar-refractivity contribution in [3.8, 4) is 5.75 Å². The lowest BCUT2D eigenvalue weighted by atomic mass is 9.94. The van der Waals surface area contributed by atoms with E-state index in [1.807, 2.05) is 0 Å². The summed E-state index contributed by atoms with van der Waals surface area (Å²) in [5, 5.41) is 22.1. The zero-order valence-corrected chi connectivity index (χ0v) is 23.2. The fourth-order valence-electron chi connectivity index (χ4n) is 3.94. The molecule has 12 heteroatoms. The third kappa shape index (κ3) is 4.67. The lowest BCUT2D eigenvalue weighted by Gasteiger charge is -2.24. The summed E-state index contributed by atoms with van der Waals surface area (Å²) in [7, 11) is 0. The average molecular weight is 637 g/mol. The van der Waals surface area contributed by atoms with Gasteiger partial charge in [0.25, 0.3) is 11.2 Å². The number of halogens is 2. The number of nitro benzene ring substituents is 1. The molecule has 2 aromatic carbocycles. The van der Waals surface area contributed by atoms with E-state index in [0.29, 0.717) is 36.1 Å². The van der Waals surface area contributed by atoms with Gasteiger partial charge in [-0.3, -0.25) is 19.5 Å². The molecule has 2 heterocycles. The van der Waals surface area contributed by atoms with E-state index in [-0.39, 0.29) is 28.1 Å². The molecule has 4 rings (SSSR count). The van der Waals surface area contributed by atoms with Gasteiger partial charge in [-0.1, -0.05) is 39.4 Å². The van der Waals surface area contributed by atoms with Crippen LogP contribution in [0, 0.1) is 17.0 Å². The summed E-state index contributed by atoms with van der Waals surface area (Å²) in [5.74, 6) is -0.701. The highest BCUT2D eigenvalue weighted by molar-refractivity contribution is 9.11. The minimum absolute atomic E-state index is 0.0434. The van der Waals surface area contributed by atoms with Crippen LogP contribution in [-0.4, -0.2) is 27.2 Å². The molecule has 0 saturated heterocycles. The van der Waals surface area contributed by atoms with Gasteiger partial charge < -0.3 is 9.84 Å². The van der Waals surface area contributed by atoms with E-state index in [2.05, 4.69) is 36.9 Å². The van der Waals surface area contributed by atoms with Crippen molar-refractivity contribution in [2.75, 3.05) is 6.61 Å². The van der Waals surface area contributed by atoms with Crippen LogP contribution in [-0.2, 0) is 9.53 Å². The lowest BCUT2D eigenvalue weighted by Crippen LogP contribution is -2.40. The maximum atomic E-state index is 13.7. The highest BCUT2D eigenvalue weighted by atomic mass is 79.9. The van der Waals surface area contributed by atoms with E-state index in [1.54, 1.807) is 45.0 Å². The smallest absolute Gasteiger partial charge is 0.338 e. The van der Waals surface area contributed by atoms with Crippen molar-refractivity contribution in [2.45, 2.75) is 26.8 Å². The molecule has 1 aromatic heterocycles. The van der Waals surface area contributed by atoms with Gasteiger partial charge in [0, 0.05) is 21.7 Å². The molecule has 0 unspecified atom stereocenters. The molecule has 1 aliphatic rings. The van der Waals surface area contributed by atoms with Crippen molar-refractivity contribution < 1.29 is 19.6 Å². The Bertz CT molecular complexity index is 1640. The highest BCUT2D eigenvalue weighted by Gasteiger charge is 2.34. The minimum atomic E-state index is -0.982. The van der Waals surface area contributed by atoms with Crippen LogP contribution >= 0.6 is 43.2 Å². The second kappa shape index (κ2) is 10.1. The quantitative estimate of drug-likeness (QED) is 0.254. The summed E-state index contributed by atoms with van der Waals surface area (Å²) >= 11 is 7.75. The Morgan fingerprint density at radius 3 is 2.69 bits per heavy atom. The summed E-state index contributed by atoms with van der Waals surface area (Å²) in [6.07, 6.45) is 1.53. The maximum absolute atomic E-state index is 13.7. The highest BCUT2D eigenvalue weighted by Crippen LogP contribution is 2.34. The van der Waals surface area contributed by atoms with Crippen LogP contribution in [0.15, 0.2) is 60.3 Å². The van der Waals surface area contributed by atoms with Crippen molar-refractivity contribution in [2.24, 2.45) is 4.99 Å². The SMILES string of the molecule is CCOC(=O)C1=C(C)N=c2s/c(=C/c3cc(Br)cc(Br)c3O)c(=O)n2[C@@H]1c1ccc(C)c([N+](=O)[O-])c1. The second-order valence-electron chi connectivity index (χ2n) is 7.93. The van der Waals surface area contributed by atoms with Crippen molar-refractivity contribution in [1.29, 1.82) is 0 Å². The van der Waals surface area contributed by atoms with Crippen molar-refractivity contribution >= 4 is 60.9 Å². The number of carbonyl (C=O) groups is 1. The number of hydrogen-bond acceptors (Lipinski definition) is 8. The molecule has 1 N–H and O–H groups in total. The van der Waals surface area contributed by atoms with E-state index in [1.165, 1.54) is 16.7 Å². The van der Waals surface area contributed by atoms with Gasteiger partial charge in [-0.05, 0) is 60.5 Å². The Hall–Kier alpha value is -3.09. The largest absolute Gasteiger partial charge is 0.506 e. The number of nitrogens with zero attached hydrogens (tertiary/aromatic N) is 3. The fraction of sp³-hybridized carbons (Fsp3) is 0.208.